The van der Waals surface area contributed by atoms with Gasteiger partial charge in [0.1, 0.15) is 5.76 Å². The Morgan fingerprint density at radius 1 is 1.38 bits per heavy atom. The Morgan fingerprint density at radius 2 is 2.15 bits per heavy atom. The second-order valence-corrected chi connectivity index (χ2v) is 3.11. The number of allylic oxidation sites excluding steroid dienone is 2. The smallest absolute Gasteiger partial charge is 0.231 e. The molecule has 13 heavy (non-hydrogen) atoms. The van der Waals surface area contributed by atoms with Crippen LogP contribution in [0.1, 0.15) is 12.8 Å². The summed E-state index contributed by atoms with van der Waals surface area (Å²) < 4.78 is 0. The van der Waals surface area contributed by atoms with Crippen molar-refractivity contribution >= 4 is 11.6 Å². The SMILES string of the molecule is O=C1C=C(O)C2=C(CCCN2)C1=O. The zero-order valence-corrected chi connectivity index (χ0v) is 6.96. The molecule has 4 heteroatoms. The van der Waals surface area contributed by atoms with Gasteiger partial charge >= 0.3 is 0 Å². The Balaban J connectivity index is 2.48. The molecule has 0 spiro atoms. The predicted molar refractivity (Wildman–Crippen MR) is 45.0 cm³/mol. The minimum atomic E-state index is -0.625. The number of carbonyl (C=O) groups excluding carboxylic acids is 2. The van der Waals surface area contributed by atoms with Crippen LogP contribution in [0.5, 0.6) is 0 Å². The molecule has 0 saturated carbocycles. The fraction of sp³-hybridized carbons (Fsp3) is 0.333. The number of aliphatic hydroxyl groups is 1. The summed E-state index contributed by atoms with van der Waals surface area (Å²) in [6, 6.07) is 0. The van der Waals surface area contributed by atoms with Crippen molar-refractivity contribution < 1.29 is 14.7 Å². The molecule has 2 rings (SSSR count). The van der Waals surface area contributed by atoms with Gasteiger partial charge < -0.3 is 10.4 Å². The van der Waals surface area contributed by atoms with E-state index >= 15 is 0 Å². The summed E-state index contributed by atoms with van der Waals surface area (Å²) in [5.74, 6) is -1.22. The number of nitrogens with one attached hydrogen (secondary N) is 1. The summed E-state index contributed by atoms with van der Waals surface area (Å²) in [6.45, 7) is 0.734. The van der Waals surface area contributed by atoms with Crippen LogP contribution >= 0.6 is 0 Å². The average Bonchev–Trinajstić information content (AvgIpc) is 2.15. The molecule has 0 amide bonds. The van der Waals surface area contributed by atoms with E-state index in [9.17, 15) is 14.7 Å². The molecule has 0 bridgehead atoms. The van der Waals surface area contributed by atoms with Gasteiger partial charge in [-0.3, -0.25) is 9.59 Å². The van der Waals surface area contributed by atoms with E-state index in [4.69, 9.17) is 0 Å². The van der Waals surface area contributed by atoms with Crippen LogP contribution in [0.25, 0.3) is 0 Å². The van der Waals surface area contributed by atoms with Crippen LogP contribution in [-0.4, -0.2) is 23.2 Å². The fourth-order valence-electron chi connectivity index (χ4n) is 1.59. The number of aliphatic hydroxyl groups excluding tert-OH is 1. The Bertz CT molecular complexity index is 352. The third kappa shape index (κ3) is 1.14. The monoisotopic (exact) mass is 179 g/mol. The molecule has 0 aromatic rings. The predicted octanol–water partition coefficient (Wildman–Crippen LogP) is 0.218. The highest BCUT2D eigenvalue weighted by atomic mass is 16.3. The van der Waals surface area contributed by atoms with E-state index in [-0.39, 0.29) is 5.76 Å². The molecule has 68 valence electrons. The number of rotatable bonds is 0. The number of hydrogen-bond acceptors (Lipinski definition) is 4. The minimum Gasteiger partial charge on any atom is -0.506 e. The van der Waals surface area contributed by atoms with Crippen LogP contribution in [-0.2, 0) is 9.59 Å². The van der Waals surface area contributed by atoms with Crippen molar-refractivity contribution in [2.75, 3.05) is 6.54 Å². The minimum absolute atomic E-state index is 0.112. The normalized spacial score (nSPS) is 22.3. The second-order valence-electron chi connectivity index (χ2n) is 3.11. The maximum atomic E-state index is 11.3. The van der Waals surface area contributed by atoms with Gasteiger partial charge in [-0.25, -0.2) is 0 Å². The lowest BCUT2D eigenvalue weighted by atomic mass is 9.92. The molecule has 0 fully saturated rings. The first kappa shape index (κ1) is 8.04. The molecular formula is C9H9NO3. The number of ketones is 2. The molecule has 1 aliphatic heterocycles. The first-order valence-electron chi connectivity index (χ1n) is 4.17. The molecule has 2 N–H and O–H groups in total. The molecule has 0 atom stereocenters. The van der Waals surface area contributed by atoms with Crippen molar-refractivity contribution in [2.45, 2.75) is 12.8 Å². The van der Waals surface area contributed by atoms with Crippen LogP contribution in [0.2, 0.25) is 0 Å². The van der Waals surface area contributed by atoms with E-state index in [1.807, 2.05) is 0 Å². The second kappa shape index (κ2) is 2.73. The van der Waals surface area contributed by atoms with Gasteiger partial charge in [-0.15, -0.1) is 0 Å². The van der Waals surface area contributed by atoms with Crippen molar-refractivity contribution in [2.24, 2.45) is 0 Å². The average molecular weight is 179 g/mol. The largest absolute Gasteiger partial charge is 0.506 e. The first-order chi connectivity index (χ1) is 6.20. The highest BCUT2D eigenvalue weighted by Gasteiger charge is 2.29. The molecule has 1 aliphatic carbocycles. The lowest BCUT2D eigenvalue weighted by Crippen LogP contribution is -2.32. The maximum Gasteiger partial charge on any atom is 0.231 e. The Hall–Kier alpha value is -1.58. The van der Waals surface area contributed by atoms with Gasteiger partial charge in [0.05, 0.1) is 5.70 Å². The fourth-order valence-corrected chi connectivity index (χ4v) is 1.59. The van der Waals surface area contributed by atoms with Gasteiger partial charge in [0.25, 0.3) is 0 Å². The number of hydrogen-bond donors (Lipinski definition) is 2. The van der Waals surface area contributed by atoms with E-state index < -0.39 is 11.6 Å². The number of Topliss-reactive ketones (excluding diaryl/α,β-unsaturated/α-hetero) is 1. The molecular weight excluding hydrogens is 170 g/mol. The Morgan fingerprint density at radius 3 is 2.92 bits per heavy atom. The van der Waals surface area contributed by atoms with E-state index in [0.29, 0.717) is 17.7 Å². The summed E-state index contributed by atoms with van der Waals surface area (Å²) in [5, 5.41) is 12.3. The molecule has 4 nitrogen and oxygen atoms in total. The molecule has 0 saturated heterocycles. The van der Waals surface area contributed by atoms with Crippen molar-refractivity contribution in [3.05, 3.63) is 23.1 Å². The van der Waals surface area contributed by atoms with Crippen molar-refractivity contribution in [3.63, 3.8) is 0 Å². The van der Waals surface area contributed by atoms with Crippen LogP contribution in [0.4, 0.5) is 0 Å². The van der Waals surface area contributed by atoms with Gasteiger partial charge in [0.15, 0.2) is 0 Å². The van der Waals surface area contributed by atoms with Gasteiger partial charge in [0.2, 0.25) is 11.6 Å². The Labute approximate surface area is 74.9 Å². The van der Waals surface area contributed by atoms with Crippen molar-refractivity contribution in [1.29, 1.82) is 0 Å². The van der Waals surface area contributed by atoms with Crippen LogP contribution in [0.3, 0.4) is 0 Å². The zero-order valence-electron chi connectivity index (χ0n) is 6.96. The summed E-state index contributed by atoms with van der Waals surface area (Å²) in [7, 11) is 0. The zero-order chi connectivity index (χ0) is 9.42. The van der Waals surface area contributed by atoms with Crippen molar-refractivity contribution in [1.82, 2.24) is 5.32 Å². The lowest BCUT2D eigenvalue weighted by Gasteiger charge is -2.22. The summed E-state index contributed by atoms with van der Waals surface area (Å²) in [4.78, 5) is 22.3. The summed E-state index contributed by atoms with van der Waals surface area (Å²) in [6.07, 6.45) is 2.37. The molecule has 0 radical (unpaired) electrons. The third-order valence-electron chi connectivity index (χ3n) is 2.23. The van der Waals surface area contributed by atoms with Crippen molar-refractivity contribution in [3.8, 4) is 0 Å². The molecule has 0 aromatic heterocycles. The quantitative estimate of drug-likeness (QED) is 0.412. The highest BCUT2D eigenvalue weighted by molar-refractivity contribution is 6.48. The molecule has 0 aromatic carbocycles. The Kier molecular flexibility index (Phi) is 1.69. The van der Waals surface area contributed by atoms with Gasteiger partial charge in [-0.2, -0.15) is 0 Å². The van der Waals surface area contributed by atoms with E-state index in [1.165, 1.54) is 0 Å². The van der Waals surface area contributed by atoms with Gasteiger partial charge in [-0.05, 0) is 12.8 Å². The summed E-state index contributed by atoms with van der Waals surface area (Å²) in [5.41, 5.74) is 0.868. The van der Waals surface area contributed by atoms with Gasteiger partial charge in [-0.1, -0.05) is 0 Å². The lowest BCUT2D eigenvalue weighted by molar-refractivity contribution is -0.132. The molecule has 0 unspecified atom stereocenters. The van der Waals surface area contributed by atoms with Crippen LogP contribution < -0.4 is 5.32 Å². The standard InChI is InChI=1S/C9H9NO3/c11-6-4-7(12)9(13)5-2-1-3-10-8(5)6/h4,10-11H,1-3H2. The number of carbonyl (C=O) groups is 2. The summed E-state index contributed by atoms with van der Waals surface area (Å²) >= 11 is 0. The first-order valence-corrected chi connectivity index (χ1v) is 4.17. The van der Waals surface area contributed by atoms with E-state index in [0.717, 1.165) is 19.0 Å². The van der Waals surface area contributed by atoms with Crippen LogP contribution in [0.15, 0.2) is 23.1 Å². The van der Waals surface area contributed by atoms with Gasteiger partial charge in [0, 0.05) is 18.2 Å². The van der Waals surface area contributed by atoms with E-state index in [2.05, 4.69) is 5.32 Å². The topological polar surface area (TPSA) is 66.4 Å². The highest BCUT2D eigenvalue weighted by Crippen LogP contribution is 2.23. The third-order valence-corrected chi connectivity index (χ3v) is 2.23. The van der Waals surface area contributed by atoms with Crippen LogP contribution in [0, 0.1) is 0 Å². The maximum absolute atomic E-state index is 11.3. The molecule has 2 aliphatic rings. The van der Waals surface area contributed by atoms with E-state index in [1.54, 1.807) is 0 Å². The molecule has 1 heterocycles.